The van der Waals surface area contributed by atoms with Gasteiger partial charge in [0.1, 0.15) is 0 Å². The summed E-state index contributed by atoms with van der Waals surface area (Å²) in [6.07, 6.45) is 8.62. The maximum atomic E-state index is 11.9. The number of rotatable bonds is 4. The molecule has 0 spiro atoms. The first-order valence-electron chi connectivity index (χ1n) is 8.03. The van der Waals surface area contributed by atoms with Gasteiger partial charge >= 0.3 is 11.5 Å². The van der Waals surface area contributed by atoms with Crippen LogP contribution in [0.25, 0.3) is 0 Å². The van der Waals surface area contributed by atoms with E-state index >= 15 is 0 Å². The molecule has 1 aliphatic heterocycles. The van der Waals surface area contributed by atoms with Crippen LogP contribution in [-0.4, -0.2) is 54.0 Å². The molecule has 21 heavy (non-hydrogen) atoms. The second kappa shape index (κ2) is 8.47. The molecule has 2 amide bonds. The Kier molecular flexibility index (Phi) is 6.61. The van der Waals surface area contributed by atoms with Gasteiger partial charge < -0.3 is 14.5 Å². The van der Waals surface area contributed by atoms with E-state index in [0.29, 0.717) is 32.8 Å². The number of ether oxygens (including phenoxy) is 1. The van der Waals surface area contributed by atoms with E-state index in [0.717, 1.165) is 12.3 Å². The zero-order valence-electron chi connectivity index (χ0n) is 12.6. The Morgan fingerprint density at radius 3 is 2.24 bits per heavy atom. The van der Waals surface area contributed by atoms with Crippen molar-refractivity contribution in [1.82, 2.24) is 9.80 Å². The van der Waals surface area contributed by atoms with E-state index in [-0.39, 0.29) is 6.09 Å². The number of amides is 2. The summed E-state index contributed by atoms with van der Waals surface area (Å²) in [7, 11) is 0. The molecule has 0 aromatic carbocycles. The lowest BCUT2D eigenvalue weighted by molar-refractivity contribution is 0.0816. The molecule has 120 valence electrons. The predicted molar refractivity (Wildman–Crippen MR) is 81.6 cm³/mol. The fraction of sp³-hybridized carbons (Fsp3) is 0.867. The summed E-state index contributed by atoms with van der Waals surface area (Å²) in [6, 6.07) is 0. The van der Waals surface area contributed by atoms with E-state index in [9.17, 15) is 9.59 Å². The van der Waals surface area contributed by atoms with Gasteiger partial charge in [-0.15, -0.1) is 0 Å². The molecule has 1 saturated heterocycles. The van der Waals surface area contributed by atoms with Crippen molar-refractivity contribution in [3.63, 3.8) is 0 Å². The van der Waals surface area contributed by atoms with Crippen molar-refractivity contribution >= 4 is 23.1 Å². The van der Waals surface area contributed by atoms with Crippen molar-refractivity contribution in [3.05, 3.63) is 0 Å². The molecule has 1 aliphatic carbocycles. The van der Waals surface area contributed by atoms with E-state index in [1.165, 1.54) is 43.4 Å². The van der Waals surface area contributed by atoms with Crippen molar-refractivity contribution in [2.75, 3.05) is 32.8 Å². The summed E-state index contributed by atoms with van der Waals surface area (Å²) >= 11 is 5.41. The molecule has 2 aliphatic rings. The average molecular weight is 317 g/mol. The van der Waals surface area contributed by atoms with Gasteiger partial charge in [0, 0.05) is 26.2 Å². The lowest BCUT2D eigenvalue weighted by atomic mass is 9.86. The molecule has 2 rings (SSSR count). The first kappa shape index (κ1) is 16.4. The van der Waals surface area contributed by atoms with Gasteiger partial charge in [-0.25, -0.2) is 4.79 Å². The molecule has 0 aromatic rings. The van der Waals surface area contributed by atoms with Crippen LogP contribution in [0, 0.1) is 5.92 Å². The van der Waals surface area contributed by atoms with Gasteiger partial charge in [-0.05, 0) is 30.4 Å². The lowest BCUT2D eigenvalue weighted by Crippen LogP contribution is -2.49. The van der Waals surface area contributed by atoms with Crippen LogP contribution < -0.4 is 0 Å². The number of nitrogens with zero attached hydrogens (tertiary/aromatic N) is 2. The topological polar surface area (TPSA) is 49.9 Å². The standard InChI is InChI=1S/C15H25ClN2O3/c16-14(19)17-8-10-18(11-9-17)15(20)21-12-4-7-13-5-2-1-3-6-13/h13H,1-12H2. The van der Waals surface area contributed by atoms with Gasteiger partial charge in [-0.1, -0.05) is 32.1 Å². The number of carbonyl (C=O) groups is 2. The van der Waals surface area contributed by atoms with Gasteiger partial charge in [-0.3, -0.25) is 4.79 Å². The Labute approximate surface area is 131 Å². The predicted octanol–water partition coefficient (Wildman–Crippen LogP) is 3.46. The van der Waals surface area contributed by atoms with Crippen LogP contribution >= 0.6 is 11.6 Å². The zero-order chi connectivity index (χ0) is 15.1. The highest BCUT2D eigenvalue weighted by molar-refractivity contribution is 6.62. The van der Waals surface area contributed by atoms with E-state index < -0.39 is 5.37 Å². The van der Waals surface area contributed by atoms with Crippen molar-refractivity contribution in [1.29, 1.82) is 0 Å². The van der Waals surface area contributed by atoms with Gasteiger partial charge in [0.2, 0.25) is 0 Å². The van der Waals surface area contributed by atoms with E-state index in [2.05, 4.69) is 0 Å². The van der Waals surface area contributed by atoms with Crippen LogP contribution in [-0.2, 0) is 4.74 Å². The number of hydrogen-bond donors (Lipinski definition) is 0. The van der Waals surface area contributed by atoms with Crippen LogP contribution in [0.4, 0.5) is 9.59 Å². The van der Waals surface area contributed by atoms with E-state index in [4.69, 9.17) is 16.3 Å². The maximum Gasteiger partial charge on any atom is 0.409 e. The molecular weight excluding hydrogens is 292 g/mol. The molecule has 1 heterocycles. The summed E-state index contributed by atoms with van der Waals surface area (Å²) in [5.41, 5.74) is 0. The molecule has 0 radical (unpaired) electrons. The summed E-state index contributed by atoms with van der Waals surface area (Å²) in [6.45, 7) is 2.48. The average Bonchev–Trinajstić information content (AvgIpc) is 2.52. The smallest absolute Gasteiger partial charge is 0.409 e. The minimum absolute atomic E-state index is 0.264. The number of halogens is 1. The van der Waals surface area contributed by atoms with Gasteiger partial charge in [0.05, 0.1) is 6.61 Å². The maximum absolute atomic E-state index is 11.9. The summed E-state index contributed by atoms with van der Waals surface area (Å²) in [5, 5.41) is -0.449. The molecule has 0 bridgehead atoms. The molecule has 0 N–H and O–H groups in total. The van der Waals surface area contributed by atoms with E-state index in [1.807, 2.05) is 0 Å². The van der Waals surface area contributed by atoms with Gasteiger partial charge in [0.25, 0.3) is 0 Å². The van der Waals surface area contributed by atoms with Crippen LogP contribution in [0.1, 0.15) is 44.9 Å². The number of carbonyl (C=O) groups excluding carboxylic acids is 2. The van der Waals surface area contributed by atoms with Crippen molar-refractivity contribution < 1.29 is 14.3 Å². The van der Waals surface area contributed by atoms with Crippen LogP contribution in [0.2, 0.25) is 0 Å². The molecule has 2 fully saturated rings. The Bertz CT molecular complexity index is 351. The highest BCUT2D eigenvalue weighted by Crippen LogP contribution is 2.27. The molecule has 1 saturated carbocycles. The molecular formula is C15H25ClN2O3. The Balaban J connectivity index is 1.56. The van der Waals surface area contributed by atoms with Crippen molar-refractivity contribution in [2.24, 2.45) is 5.92 Å². The SMILES string of the molecule is O=C(Cl)N1CCN(C(=O)OCCCC2CCCCC2)CC1. The third-order valence-electron chi connectivity index (χ3n) is 4.49. The summed E-state index contributed by atoms with van der Waals surface area (Å²) in [4.78, 5) is 26.1. The summed E-state index contributed by atoms with van der Waals surface area (Å²) in [5.74, 6) is 0.829. The second-order valence-corrected chi connectivity index (χ2v) is 6.31. The minimum atomic E-state index is -0.449. The fourth-order valence-electron chi connectivity index (χ4n) is 3.16. The van der Waals surface area contributed by atoms with Crippen LogP contribution in [0.3, 0.4) is 0 Å². The molecule has 0 aromatic heterocycles. The molecule has 0 unspecified atom stereocenters. The number of hydrogen-bond acceptors (Lipinski definition) is 3. The second-order valence-electron chi connectivity index (χ2n) is 5.99. The Morgan fingerprint density at radius 2 is 1.62 bits per heavy atom. The van der Waals surface area contributed by atoms with Crippen LogP contribution in [0.5, 0.6) is 0 Å². The number of piperazine rings is 1. The highest BCUT2D eigenvalue weighted by Gasteiger charge is 2.24. The highest BCUT2D eigenvalue weighted by atomic mass is 35.5. The first-order valence-corrected chi connectivity index (χ1v) is 8.40. The van der Waals surface area contributed by atoms with Gasteiger partial charge in [-0.2, -0.15) is 0 Å². The molecule has 6 heteroatoms. The normalized spacial score (nSPS) is 20.4. The van der Waals surface area contributed by atoms with E-state index in [1.54, 1.807) is 4.90 Å². The molecule has 0 atom stereocenters. The minimum Gasteiger partial charge on any atom is -0.449 e. The molecule has 5 nitrogen and oxygen atoms in total. The summed E-state index contributed by atoms with van der Waals surface area (Å²) < 4.78 is 5.32. The first-order chi connectivity index (χ1) is 10.2. The lowest BCUT2D eigenvalue weighted by Gasteiger charge is -2.32. The Morgan fingerprint density at radius 1 is 1.00 bits per heavy atom. The Hall–Kier alpha value is -0.970. The van der Waals surface area contributed by atoms with Crippen molar-refractivity contribution in [3.8, 4) is 0 Å². The van der Waals surface area contributed by atoms with Crippen molar-refractivity contribution in [2.45, 2.75) is 44.9 Å². The third kappa shape index (κ3) is 5.38. The largest absolute Gasteiger partial charge is 0.449 e. The third-order valence-corrected chi connectivity index (χ3v) is 4.73. The van der Waals surface area contributed by atoms with Crippen LogP contribution in [0.15, 0.2) is 0 Å². The quantitative estimate of drug-likeness (QED) is 0.453. The van der Waals surface area contributed by atoms with Gasteiger partial charge in [0.15, 0.2) is 0 Å². The zero-order valence-corrected chi connectivity index (χ0v) is 13.3. The fourth-order valence-corrected chi connectivity index (χ4v) is 3.33. The monoisotopic (exact) mass is 316 g/mol.